The highest BCUT2D eigenvalue weighted by Crippen LogP contribution is 2.62. The van der Waals surface area contributed by atoms with Crippen molar-refractivity contribution in [2.75, 3.05) is 33.0 Å². The molecule has 6 atom stereocenters. The fraction of sp³-hybridized carbons (Fsp3) is 0.689. The average Bonchev–Trinajstić information content (AvgIpc) is 3.68. The maximum absolute atomic E-state index is 14.6. The number of nitrogens with zero attached hydrogens (tertiary/aromatic N) is 2. The Bertz CT molecular complexity index is 1460. The molecule has 1 aromatic carbocycles. The lowest BCUT2D eigenvalue weighted by atomic mass is 9.55. The summed E-state index contributed by atoms with van der Waals surface area (Å²) in [4.78, 5) is 22.9. The van der Waals surface area contributed by atoms with Gasteiger partial charge in [-0.25, -0.2) is 0 Å². The summed E-state index contributed by atoms with van der Waals surface area (Å²) in [6.07, 6.45) is 18.4. The minimum atomic E-state index is -1.23. The van der Waals surface area contributed by atoms with Crippen molar-refractivity contribution in [3.63, 3.8) is 0 Å². The van der Waals surface area contributed by atoms with Crippen molar-refractivity contribution in [3.8, 4) is 11.5 Å². The van der Waals surface area contributed by atoms with E-state index in [9.17, 15) is 15.0 Å². The molecule has 2 N–H and O–H groups in total. The second-order valence-electron chi connectivity index (χ2n) is 16.9. The molecule has 2 saturated carbocycles. The third kappa shape index (κ3) is 9.80. The Morgan fingerprint density at radius 1 is 1.04 bits per heavy atom. The van der Waals surface area contributed by atoms with Gasteiger partial charge in [-0.15, -0.1) is 6.58 Å². The molecule has 0 spiro atoms. The maximum Gasteiger partial charge on any atom is 0.239 e. The monoisotopic (exact) mass is 749 g/mol. The first-order valence-electron chi connectivity index (χ1n) is 20.9. The number of ether oxygens (including phenoxy) is 3. The molecule has 0 saturated heterocycles. The highest BCUT2D eigenvalue weighted by Gasteiger charge is 2.65. The van der Waals surface area contributed by atoms with Crippen LogP contribution in [-0.4, -0.2) is 77.1 Å². The summed E-state index contributed by atoms with van der Waals surface area (Å²) < 4.78 is 20.6. The molecule has 9 heteroatoms. The van der Waals surface area contributed by atoms with Crippen LogP contribution in [0.25, 0.3) is 0 Å². The summed E-state index contributed by atoms with van der Waals surface area (Å²) in [5, 5.41) is 24.7. The first-order chi connectivity index (χ1) is 26.1. The van der Waals surface area contributed by atoms with Gasteiger partial charge >= 0.3 is 0 Å². The molecule has 1 heterocycles. The van der Waals surface area contributed by atoms with Crippen LogP contribution < -0.4 is 9.47 Å². The average molecular weight is 749 g/mol. The second-order valence-corrected chi connectivity index (χ2v) is 16.9. The zero-order valence-corrected chi connectivity index (χ0v) is 33.6. The van der Waals surface area contributed by atoms with Crippen LogP contribution in [0.2, 0.25) is 0 Å². The van der Waals surface area contributed by atoms with Gasteiger partial charge in [-0.1, -0.05) is 75.4 Å². The Hall–Kier alpha value is -3.14. The molecule has 0 radical (unpaired) electrons. The lowest BCUT2D eigenvalue weighted by Gasteiger charge is -2.60. The number of hydrogen-bond acceptors (Lipinski definition) is 8. The van der Waals surface area contributed by atoms with Gasteiger partial charge in [-0.3, -0.25) is 4.79 Å². The van der Waals surface area contributed by atoms with Gasteiger partial charge in [-0.2, -0.15) is 0 Å². The molecule has 0 bridgehead atoms. The van der Waals surface area contributed by atoms with Gasteiger partial charge in [0.15, 0.2) is 0 Å². The summed E-state index contributed by atoms with van der Waals surface area (Å²) in [7, 11) is 0. The summed E-state index contributed by atoms with van der Waals surface area (Å²) in [6, 6.07) is 5.59. The molecule has 1 aromatic rings. The van der Waals surface area contributed by atoms with Crippen LogP contribution in [0.15, 0.2) is 60.3 Å². The van der Waals surface area contributed by atoms with Crippen molar-refractivity contribution in [1.82, 2.24) is 4.90 Å². The predicted octanol–water partition coefficient (Wildman–Crippen LogP) is 8.89. The van der Waals surface area contributed by atoms with E-state index in [0.717, 1.165) is 73.3 Å². The number of oxime groups is 1. The van der Waals surface area contributed by atoms with E-state index in [4.69, 9.17) is 24.2 Å². The van der Waals surface area contributed by atoms with E-state index in [1.807, 2.05) is 32.9 Å². The highest BCUT2D eigenvalue weighted by atomic mass is 16.7. The molecule has 0 unspecified atom stereocenters. The minimum Gasteiger partial charge on any atom is -0.490 e. The molecule has 5 rings (SSSR count). The molecule has 2 fully saturated rings. The van der Waals surface area contributed by atoms with E-state index in [0.29, 0.717) is 38.3 Å². The normalized spacial score (nSPS) is 27.0. The number of aliphatic hydroxyl groups excluding tert-OH is 2. The Labute approximate surface area is 324 Å². The van der Waals surface area contributed by atoms with Gasteiger partial charge in [-0.05, 0) is 101 Å². The first-order valence-corrected chi connectivity index (χ1v) is 20.9. The lowest BCUT2D eigenvalue weighted by Crippen LogP contribution is -2.70. The standard InChI is InChI=1S/C45H68N2O7/c1-7-24-47(41(50)23-20-32-16-10-11-17-32)40-31-38(46-54-44(4,5)6)36-29-33(18-12-14-25-48)35(19-13-15-26-49)42-37-30-34(51-27-8-2)21-22-39(37)53-45(40,43(36)42)52-28-9-3/h8-9,21-22,29-30,32-33,35,40,42-43,48-49H,2-3,7,10-20,23-28,31H2,1,4-6H3/t33-,35+,40-,42+,43+,45+/m0/s1. The van der Waals surface area contributed by atoms with Gasteiger partial charge < -0.3 is 34.2 Å². The number of carbonyl (C=O) groups excluding carboxylic acids is 1. The van der Waals surface area contributed by atoms with Crippen molar-refractivity contribution in [1.29, 1.82) is 0 Å². The molecule has 9 nitrogen and oxygen atoms in total. The SMILES string of the molecule is C=CCOc1ccc2c(c1)[C@H]1[C@H](CCCCO)[C@@H](CCCCO)C=C3C(=NOC(C)(C)C)C[C@H](N(CCC)C(=O)CCC4CCCC4)[C@@](OCC=C)(O2)[C@H]31. The summed E-state index contributed by atoms with van der Waals surface area (Å²) in [5.74, 6) is 0.908. The van der Waals surface area contributed by atoms with E-state index in [-0.39, 0.29) is 49.4 Å². The number of allylic oxidation sites excluding steroid dienone is 1. The summed E-state index contributed by atoms with van der Waals surface area (Å²) in [6.45, 7) is 17.5. The Morgan fingerprint density at radius 3 is 2.43 bits per heavy atom. The number of hydrogen-bond donors (Lipinski definition) is 2. The van der Waals surface area contributed by atoms with Crippen molar-refractivity contribution >= 4 is 11.6 Å². The number of unbranched alkanes of at least 4 members (excludes halogenated alkanes) is 2. The molecule has 1 aliphatic heterocycles. The zero-order chi connectivity index (χ0) is 38.7. The number of carbonyl (C=O) groups is 1. The summed E-state index contributed by atoms with van der Waals surface area (Å²) >= 11 is 0. The van der Waals surface area contributed by atoms with Gasteiger partial charge in [0.05, 0.1) is 18.2 Å². The molecule has 54 heavy (non-hydrogen) atoms. The van der Waals surface area contributed by atoms with Gasteiger partial charge in [0.25, 0.3) is 0 Å². The van der Waals surface area contributed by atoms with Crippen molar-refractivity contribution < 1.29 is 34.1 Å². The second kappa shape index (κ2) is 19.6. The largest absolute Gasteiger partial charge is 0.490 e. The first kappa shape index (κ1) is 42.0. The quantitative estimate of drug-likeness (QED) is 0.0734. The number of fused-ring (bicyclic) bond motifs is 2. The van der Waals surface area contributed by atoms with E-state index in [2.05, 4.69) is 37.1 Å². The smallest absolute Gasteiger partial charge is 0.239 e. The topological polar surface area (TPSA) is 110 Å². The van der Waals surface area contributed by atoms with Gasteiger partial charge in [0.1, 0.15) is 29.7 Å². The van der Waals surface area contributed by atoms with Crippen LogP contribution >= 0.6 is 0 Å². The Kier molecular flexibility index (Phi) is 15.3. The van der Waals surface area contributed by atoms with Gasteiger partial charge in [0, 0.05) is 44.1 Å². The van der Waals surface area contributed by atoms with Crippen molar-refractivity contribution in [2.24, 2.45) is 28.8 Å². The van der Waals surface area contributed by atoms with Crippen molar-refractivity contribution in [3.05, 3.63) is 60.7 Å². The number of amides is 1. The van der Waals surface area contributed by atoms with Crippen LogP contribution in [0.5, 0.6) is 11.5 Å². The molecule has 300 valence electrons. The zero-order valence-electron chi connectivity index (χ0n) is 33.6. The third-order valence-corrected chi connectivity index (χ3v) is 11.8. The Balaban J connectivity index is 1.74. The molecule has 4 aliphatic rings. The molecule has 1 amide bonds. The maximum atomic E-state index is 14.6. The van der Waals surface area contributed by atoms with Gasteiger partial charge in [0.2, 0.25) is 11.7 Å². The van der Waals surface area contributed by atoms with Crippen LogP contribution in [0.1, 0.15) is 129 Å². The van der Waals surface area contributed by atoms with E-state index in [1.165, 1.54) is 25.7 Å². The van der Waals surface area contributed by atoms with Crippen LogP contribution in [0.4, 0.5) is 0 Å². The Morgan fingerprint density at radius 2 is 1.76 bits per heavy atom. The van der Waals surface area contributed by atoms with E-state index >= 15 is 0 Å². The van der Waals surface area contributed by atoms with E-state index in [1.54, 1.807) is 12.2 Å². The highest BCUT2D eigenvalue weighted by molar-refractivity contribution is 6.03. The fourth-order valence-corrected chi connectivity index (χ4v) is 9.55. The third-order valence-electron chi connectivity index (χ3n) is 11.8. The predicted molar refractivity (Wildman–Crippen MR) is 215 cm³/mol. The lowest BCUT2D eigenvalue weighted by molar-refractivity contribution is -0.257. The molecule has 0 aromatic heterocycles. The minimum absolute atomic E-state index is 0.0802. The van der Waals surface area contributed by atoms with Crippen LogP contribution in [0.3, 0.4) is 0 Å². The fourth-order valence-electron chi connectivity index (χ4n) is 9.55. The number of rotatable bonds is 21. The van der Waals surface area contributed by atoms with E-state index < -0.39 is 17.4 Å². The molecule has 3 aliphatic carbocycles. The summed E-state index contributed by atoms with van der Waals surface area (Å²) in [5.41, 5.74) is 2.41. The van der Waals surface area contributed by atoms with Crippen molar-refractivity contribution in [2.45, 2.75) is 141 Å². The number of benzene rings is 1. The van der Waals surface area contributed by atoms with Crippen LogP contribution in [0, 0.1) is 23.7 Å². The molecular weight excluding hydrogens is 681 g/mol. The molecular formula is C45H68N2O7. The van der Waals surface area contributed by atoms with Crippen LogP contribution in [-0.2, 0) is 14.4 Å². The number of aliphatic hydroxyl groups is 2.